The maximum Gasteiger partial charge on any atom is 0.155 e. The molecule has 0 aliphatic heterocycles. The molecule has 1 atom stereocenters. The normalized spacial score (nSPS) is 16.2. The van der Waals surface area contributed by atoms with Crippen LogP contribution < -0.4 is 5.73 Å². The third-order valence-electron chi connectivity index (χ3n) is 2.65. The van der Waals surface area contributed by atoms with E-state index in [2.05, 4.69) is 0 Å². The van der Waals surface area contributed by atoms with Crippen molar-refractivity contribution >= 4 is 5.78 Å². The first-order valence-electron chi connectivity index (χ1n) is 4.82. The molecule has 72 valence electrons. The zero-order valence-electron chi connectivity index (χ0n) is 8.68. The van der Waals surface area contributed by atoms with Crippen molar-refractivity contribution in [2.24, 2.45) is 11.7 Å². The van der Waals surface area contributed by atoms with Gasteiger partial charge in [-0.15, -0.1) is 0 Å². The summed E-state index contributed by atoms with van der Waals surface area (Å²) in [6, 6.07) is 0. The standard InChI is InChI=1S/C10H21NO/c1-5-8(6-2)9(12)10(4,11)7-3/h8H,5-7,11H2,1-4H3. The molecule has 2 heteroatoms. The number of rotatable bonds is 5. The number of carbonyl (C=O) groups excluding carboxylic acids is 1. The molecule has 0 bridgehead atoms. The topological polar surface area (TPSA) is 43.1 Å². The fraction of sp³-hybridized carbons (Fsp3) is 0.900. The van der Waals surface area contributed by atoms with Gasteiger partial charge >= 0.3 is 0 Å². The van der Waals surface area contributed by atoms with Gasteiger partial charge in [0.15, 0.2) is 5.78 Å². The SMILES string of the molecule is CCC(CC)C(=O)C(C)(N)CC. The molecule has 0 radical (unpaired) electrons. The number of nitrogens with two attached hydrogens (primary N) is 1. The van der Waals surface area contributed by atoms with Crippen LogP contribution in [0.2, 0.25) is 0 Å². The highest BCUT2D eigenvalue weighted by atomic mass is 16.1. The van der Waals surface area contributed by atoms with Crippen molar-refractivity contribution in [3.05, 3.63) is 0 Å². The van der Waals surface area contributed by atoms with Crippen molar-refractivity contribution in [1.82, 2.24) is 0 Å². The number of hydrogen-bond acceptors (Lipinski definition) is 2. The predicted octanol–water partition coefficient (Wildman–Crippen LogP) is 2.12. The summed E-state index contributed by atoms with van der Waals surface area (Å²) >= 11 is 0. The molecule has 0 aliphatic rings. The zero-order valence-corrected chi connectivity index (χ0v) is 8.68. The molecule has 0 fully saturated rings. The Morgan fingerprint density at radius 2 is 1.75 bits per heavy atom. The Kier molecular flexibility index (Phi) is 4.46. The predicted molar refractivity (Wildman–Crippen MR) is 52.0 cm³/mol. The highest BCUT2D eigenvalue weighted by Gasteiger charge is 2.30. The largest absolute Gasteiger partial charge is 0.319 e. The Balaban J connectivity index is 4.35. The smallest absolute Gasteiger partial charge is 0.155 e. The average Bonchev–Trinajstić information content (AvgIpc) is 2.06. The lowest BCUT2D eigenvalue weighted by atomic mass is 9.83. The van der Waals surface area contributed by atoms with Crippen molar-refractivity contribution in [1.29, 1.82) is 0 Å². The molecule has 0 aromatic heterocycles. The quantitative estimate of drug-likeness (QED) is 0.688. The van der Waals surface area contributed by atoms with Crippen LogP contribution in [0.15, 0.2) is 0 Å². The van der Waals surface area contributed by atoms with Crippen LogP contribution in [-0.4, -0.2) is 11.3 Å². The molecule has 12 heavy (non-hydrogen) atoms. The minimum absolute atomic E-state index is 0.153. The summed E-state index contributed by atoms with van der Waals surface area (Å²) in [5, 5.41) is 0. The van der Waals surface area contributed by atoms with E-state index in [0.717, 1.165) is 19.3 Å². The van der Waals surface area contributed by atoms with Crippen molar-refractivity contribution in [2.45, 2.75) is 52.5 Å². The Hall–Kier alpha value is -0.370. The van der Waals surface area contributed by atoms with Crippen LogP contribution in [0.4, 0.5) is 0 Å². The van der Waals surface area contributed by atoms with Crippen LogP contribution in [0.25, 0.3) is 0 Å². The van der Waals surface area contributed by atoms with E-state index in [4.69, 9.17) is 5.73 Å². The van der Waals surface area contributed by atoms with E-state index in [9.17, 15) is 4.79 Å². The Bertz CT molecular complexity index is 148. The molecule has 1 unspecified atom stereocenters. The van der Waals surface area contributed by atoms with Crippen molar-refractivity contribution in [3.8, 4) is 0 Å². The second-order valence-electron chi connectivity index (χ2n) is 3.65. The van der Waals surface area contributed by atoms with Gasteiger partial charge in [0.1, 0.15) is 0 Å². The lowest BCUT2D eigenvalue weighted by molar-refractivity contribution is -0.127. The van der Waals surface area contributed by atoms with E-state index in [1.165, 1.54) is 0 Å². The Labute approximate surface area is 75.5 Å². The summed E-state index contributed by atoms with van der Waals surface area (Å²) in [6.07, 6.45) is 2.53. The summed E-state index contributed by atoms with van der Waals surface area (Å²) in [5.41, 5.74) is 5.25. The molecule has 0 saturated carbocycles. The van der Waals surface area contributed by atoms with Crippen LogP contribution >= 0.6 is 0 Å². The second kappa shape index (κ2) is 4.61. The lowest BCUT2D eigenvalue weighted by Gasteiger charge is -2.25. The fourth-order valence-electron chi connectivity index (χ4n) is 1.30. The Morgan fingerprint density at radius 3 is 2.00 bits per heavy atom. The molecule has 0 saturated heterocycles. The lowest BCUT2D eigenvalue weighted by Crippen LogP contribution is -2.47. The molecule has 0 aromatic rings. The first-order valence-corrected chi connectivity index (χ1v) is 4.82. The molecule has 0 aliphatic carbocycles. The number of Topliss-reactive ketones (excluding diaryl/α,β-unsaturated/α-hetero) is 1. The van der Waals surface area contributed by atoms with Gasteiger partial charge in [0, 0.05) is 5.92 Å². The van der Waals surface area contributed by atoms with E-state index in [0.29, 0.717) is 0 Å². The van der Waals surface area contributed by atoms with Crippen molar-refractivity contribution in [2.75, 3.05) is 0 Å². The van der Waals surface area contributed by atoms with E-state index in [-0.39, 0.29) is 11.7 Å². The van der Waals surface area contributed by atoms with Gasteiger partial charge in [-0.25, -0.2) is 0 Å². The summed E-state index contributed by atoms with van der Waals surface area (Å²) in [7, 11) is 0. The molecule has 2 nitrogen and oxygen atoms in total. The molecule has 0 amide bonds. The van der Waals surface area contributed by atoms with E-state index in [1.807, 2.05) is 27.7 Å². The number of ketones is 1. The zero-order chi connectivity index (χ0) is 9.78. The van der Waals surface area contributed by atoms with Crippen LogP contribution in [0.3, 0.4) is 0 Å². The summed E-state index contributed by atoms with van der Waals surface area (Å²) in [6.45, 7) is 7.86. The van der Waals surface area contributed by atoms with Gasteiger partial charge in [-0.2, -0.15) is 0 Å². The van der Waals surface area contributed by atoms with Crippen molar-refractivity contribution in [3.63, 3.8) is 0 Å². The van der Waals surface area contributed by atoms with Gasteiger partial charge in [-0.1, -0.05) is 20.8 Å². The van der Waals surface area contributed by atoms with Gasteiger partial charge < -0.3 is 5.73 Å². The highest BCUT2D eigenvalue weighted by molar-refractivity contribution is 5.89. The minimum atomic E-state index is -0.614. The van der Waals surface area contributed by atoms with Gasteiger partial charge in [-0.3, -0.25) is 4.79 Å². The number of carbonyl (C=O) groups is 1. The average molecular weight is 171 g/mol. The maximum atomic E-state index is 11.7. The van der Waals surface area contributed by atoms with Gasteiger partial charge in [0.05, 0.1) is 5.54 Å². The van der Waals surface area contributed by atoms with E-state index >= 15 is 0 Å². The van der Waals surface area contributed by atoms with Crippen molar-refractivity contribution < 1.29 is 4.79 Å². The van der Waals surface area contributed by atoms with Gasteiger partial charge in [0.25, 0.3) is 0 Å². The summed E-state index contributed by atoms with van der Waals surface area (Å²) in [5.74, 6) is 0.370. The number of hydrogen-bond donors (Lipinski definition) is 1. The molecule has 0 heterocycles. The van der Waals surface area contributed by atoms with Gasteiger partial charge in [-0.05, 0) is 26.2 Å². The van der Waals surface area contributed by atoms with Crippen LogP contribution in [0.1, 0.15) is 47.0 Å². The van der Waals surface area contributed by atoms with Crippen LogP contribution in [0, 0.1) is 5.92 Å². The molecule has 2 N–H and O–H groups in total. The molecular weight excluding hydrogens is 150 g/mol. The fourth-order valence-corrected chi connectivity index (χ4v) is 1.30. The highest BCUT2D eigenvalue weighted by Crippen LogP contribution is 2.18. The van der Waals surface area contributed by atoms with Gasteiger partial charge in [0.2, 0.25) is 0 Å². The van der Waals surface area contributed by atoms with E-state index < -0.39 is 5.54 Å². The molecule has 0 rings (SSSR count). The second-order valence-corrected chi connectivity index (χ2v) is 3.65. The summed E-state index contributed by atoms with van der Waals surface area (Å²) < 4.78 is 0. The Morgan fingerprint density at radius 1 is 1.33 bits per heavy atom. The monoisotopic (exact) mass is 171 g/mol. The summed E-state index contributed by atoms with van der Waals surface area (Å²) in [4.78, 5) is 11.7. The first kappa shape index (κ1) is 11.6. The third kappa shape index (κ3) is 2.59. The van der Waals surface area contributed by atoms with Crippen LogP contribution in [-0.2, 0) is 4.79 Å². The molecular formula is C10H21NO. The minimum Gasteiger partial charge on any atom is -0.319 e. The third-order valence-corrected chi connectivity index (χ3v) is 2.65. The maximum absolute atomic E-state index is 11.7. The van der Waals surface area contributed by atoms with E-state index in [1.54, 1.807) is 0 Å². The molecule has 0 aromatic carbocycles. The first-order chi connectivity index (χ1) is 5.49. The molecule has 0 spiro atoms. The van der Waals surface area contributed by atoms with Crippen LogP contribution in [0.5, 0.6) is 0 Å².